The van der Waals surface area contributed by atoms with Gasteiger partial charge in [-0.2, -0.15) is 48.3 Å². The Kier molecular flexibility index (Phi) is 5.77. The molecule has 0 N–H and O–H groups in total. The molecule has 0 heterocycles. The Labute approximate surface area is 117 Å². The minimum absolute atomic E-state index is 0.0524. The van der Waals surface area contributed by atoms with Crippen LogP contribution in [0.4, 0.5) is 48.3 Å². The van der Waals surface area contributed by atoms with E-state index in [4.69, 9.17) is 0 Å². The predicted octanol–water partition coefficient (Wildman–Crippen LogP) is 4.90. The van der Waals surface area contributed by atoms with E-state index in [1.54, 1.807) is 0 Å². The first-order valence-electron chi connectivity index (χ1n) is 5.60. The lowest BCUT2D eigenvalue weighted by Gasteiger charge is -2.32. The second-order valence-corrected chi connectivity index (χ2v) is 3.98. The molecule has 0 saturated carbocycles. The number of hydrogen-bond donors (Lipinski definition) is 0. The van der Waals surface area contributed by atoms with E-state index in [1.165, 1.54) is 0 Å². The molecule has 0 aromatic heterocycles. The Balaban J connectivity index is 6.43. The average molecular weight is 353 g/mol. The third-order valence-corrected chi connectivity index (χ3v) is 2.60. The fraction of sp³-hybridized carbons (Fsp3) is 0.800. The highest BCUT2D eigenvalue weighted by atomic mass is 19.4. The van der Waals surface area contributed by atoms with Crippen molar-refractivity contribution in [3.8, 4) is 0 Å². The highest BCUT2D eigenvalue weighted by molar-refractivity contribution is 5.26. The maximum absolute atomic E-state index is 13.5. The number of hydrogen-bond acceptors (Lipinski definition) is 1. The van der Waals surface area contributed by atoms with Crippen molar-refractivity contribution in [2.75, 3.05) is 13.1 Å². The van der Waals surface area contributed by atoms with Crippen molar-refractivity contribution in [1.82, 2.24) is 4.90 Å². The standard InChI is InChI=1S/C10H10F11N/c1-3-22(4-2)6(11)5(8(14,15)16)7(12,13)9(17,18)10(19,20)21/h3-4H2,1-2H3. The van der Waals surface area contributed by atoms with Gasteiger partial charge in [0.1, 0.15) is 0 Å². The van der Waals surface area contributed by atoms with Crippen LogP contribution in [0.1, 0.15) is 13.8 Å². The topological polar surface area (TPSA) is 3.24 Å². The van der Waals surface area contributed by atoms with Gasteiger partial charge in [-0.05, 0) is 13.8 Å². The molecule has 0 fully saturated rings. The van der Waals surface area contributed by atoms with Crippen molar-refractivity contribution in [2.24, 2.45) is 0 Å². The maximum Gasteiger partial charge on any atom is 0.460 e. The molecular weight excluding hydrogens is 343 g/mol. The van der Waals surface area contributed by atoms with E-state index < -0.39 is 48.8 Å². The van der Waals surface area contributed by atoms with Crippen molar-refractivity contribution in [1.29, 1.82) is 0 Å². The summed E-state index contributed by atoms with van der Waals surface area (Å²) in [7, 11) is 0. The molecule has 0 spiro atoms. The summed E-state index contributed by atoms with van der Waals surface area (Å²) in [6.45, 7) is 0.680. The lowest BCUT2D eigenvalue weighted by atomic mass is 10.0. The Morgan fingerprint density at radius 2 is 1.14 bits per heavy atom. The lowest BCUT2D eigenvalue weighted by Crippen LogP contribution is -2.55. The van der Waals surface area contributed by atoms with Crippen LogP contribution in [0.5, 0.6) is 0 Å². The van der Waals surface area contributed by atoms with E-state index in [0.717, 1.165) is 13.8 Å². The van der Waals surface area contributed by atoms with E-state index in [0.29, 0.717) is 0 Å². The van der Waals surface area contributed by atoms with Gasteiger partial charge >= 0.3 is 24.2 Å². The van der Waals surface area contributed by atoms with Gasteiger partial charge in [0.2, 0.25) is 5.95 Å². The molecular formula is C10H10F11N. The van der Waals surface area contributed by atoms with Crippen molar-refractivity contribution >= 4 is 0 Å². The number of allylic oxidation sites excluding steroid dienone is 1. The highest BCUT2D eigenvalue weighted by Crippen LogP contribution is 2.54. The molecule has 0 aliphatic carbocycles. The number of halogens is 11. The predicted molar refractivity (Wildman–Crippen MR) is 53.1 cm³/mol. The van der Waals surface area contributed by atoms with Crippen LogP contribution in [0.15, 0.2) is 11.5 Å². The minimum atomic E-state index is -7.10. The Hall–Kier alpha value is -1.23. The monoisotopic (exact) mass is 353 g/mol. The van der Waals surface area contributed by atoms with E-state index in [9.17, 15) is 48.3 Å². The van der Waals surface area contributed by atoms with E-state index >= 15 is 0 Å². The summed E-state index contributed by atoms with van der Waals surface area (Å²) in [5.74, 6) is -16.8. The molecule has 1 nitrogen and oxygen atoms in total. The van der Waals surface area contributed by atoms with E-state index in [1.807, 2.05) is 0 Å². The zero-order valence-electron chi connectivity index (χ0n) is 11.0. The summed E-state index contributed by atoms with van der Waals surface area (Å²) in [6.07, 6.45) is -13.4. The van der Waals surface area contributed by atoms with Crippen LogP contribution < -0.4 is 0 Å². The van der Waals surface area contributed by atoms with Crippen LogP contribution in [0, 0.1) is 0 Å². The van der Waals surface area contributed by atoms with Crippen LogP contribution in [0.3, 0.4) is 0 Å². The molecule has 0 aromatic carbocycles. The third kappa shape index (κ3) is 3.57. The molecule has 0 amide bonds. The Morgan fingerprint density at radius 3 is 1.36 bits per heavy atom. The van der Waals surface area contributed by atoms with Gasteiger partial charge in [-0.25, -0.2) is 0 Å². The molecule has 0 bridgehead atoms. The van der Waals surface area contributed by atoms with Crippen molar-refractivity contribution in [2.45, 2.75) is 38.0 Å². The van der Waals surface area contributed by atoms with Crippen LogP contribution in [-0.4, -0.2) is 42.2 Å². The summed E-state index contributed by atoms with van der Waals surface area (Å²) >= 11 is 0. The summed E-state index contributed by atoms with van der Waals surface area (Å²) in [6, 6.07) is 0. The van der Waals surface area contributed by atoms with Gasteiger partial charge in [0, 0.05) is 13.1 Å². The van der Waals surface area contributed by atoms with Gasteiger partial charge in [0.15, 0.2) is 5.57 Å². The molecule has 0 radical (unpaired) electrons. The van der Waals surface area contributed by atoms with Gasteiger partial charge in [-0.1, -0.05) is 0 Å². The first-order chi connectivity index (χ1) is 9.55. The quantitative estimate of drug-likeness (QED) is 0.502. The SMILES string of the molecule is CCN(CC)C(F)=C(C(F)(F)F)C(F)(F)C(F)(F)C(F)(F)F. The van der Waals surface area contributed by atoms with Crippen LogP contribution in [0.2, 0.25) is 0 Å². The van der Waals surface area contributed by atoms with Gasteiger partial charge in [0.25, 0.3) is 0 Å². The second-order valence-electron chi connectivity index (χ2n) is 3.98. The van der Waals surface area contributed by atoms with Crippen molar-refractivity contribution < 1.29 is 48.3 Å². The lowest BCUT2D eigenvalue weighted by molar-refractivity contribution is -0.351. The molecule has 0 saturated heterocycles. The normalized spacial score (nSPS) is 15.7. The van der Waals surface area contributed by atoms with Crippen LogP contribution in [-0.2, 0) is 0 Å². The van der Waals surface area contributed by atoms with Gasteiger partial charge in [0.05, 0.1) is 0 Å². The third-order valence-electron chi connectivity index (χ3n) is 2.60. The molecule has 0 rings (SSSR count). The molecule has 0 atom stereocenters. The fourth-order valence-corrected chi connectivity index (χ4v) is 1.42. The zero-order chi connectivity index (χ0) is 18.1. The molecule has 0 aliphatic rings. The molecule has 22 heavy (non-hydrogen) atoms. The maximum atomic E-state index is 13.5. The summed E-state index contributed by atoms with van der Waals surface area (Å²) in [5, 5.41) is 0. The van der Waals surface area contributed by atoms with Gasteiger partial charge in [-0.15, -0.1) is 0 Å². The van der Waals surface area contributed by atoms with Crippen molar-refractivity contribution in [3.05, 3.63) is 11.5 Å². The molecule has 0 aliphatic heterocycles. The Morgan fingerprint density at radius 1 is 0.773 bits per heavy atom. The number of nitrogens with zero attached hydrogens (tertiary/aromatic N) is 1. The molecule has 0 unspecified atom stereocenters. The van der Waals surface area contributed by atoms with Crippen LogP contribution in [0.25, 0.3) is 0 Å². The summed E-state index contributed by atoms with van der Waals surface area (Å²) < 4.78 is 139. The largest absolute Gasteiger partial charge is 0.460 e. The highest BCUT2D eigenvalue weighted by Gasteiger charge is 2.78. The minimum Gasteiger partial charge on any atom is -0.349 e. The zero-order valence-corrected chi connectivity index (χ0v) is 11.0. The molecule has 12 heteroatoms. The molecule has 132 valence electrons. The average Bonchev–Trinajstić information content (AvgIpc) is 2.26. The van der Waals surface area contributed by atoms with E-state index in [2.05, 4.69) is 0 Å². The van der Waals surface area contributed by atoms with Crippen molar-refractivity contribution in [3.63, 3.8) is 0 Å². The first-order valence-corrected chi connectivity index (χ1v) is 5.60. The smallest absolute Gasteiger partial charge is 0.349 e. The van der Waals surface area contributed by atoms with Crippen LogP contribution >= 0.6 is 0 Å². The summed E-state index contributed by atoms with van der Waals surface area (Å²) in [4.78, 5) is -0.0524. The summed E-state index contributed by atoms with van der Waals surface area (Å²) in [5.41, 5.74) is -3.87. The first kappa shape index (κ1) is 20.8. The fourth-order valence-electron chi connectivity index (χ4n) is 1.42. The number of rotatable bonds is 5. The van der Waals surface area contributed by atoms with E-state index in [-0.39, 0.29) is 4.90 Å². The van der Waals surface area contributed by atoms with Gasteiger partial charge < -0.3 is 4.90 Å². The van der Waals surface area contributed by atoms with Gasteiger partial charge in [-0.3, -0.25) is 0 Å². The second kappa shape index (κ2) is 6.11. The Bertz CT molecular complexity index is 414. The molecule has 0 aromatic rings. The number of alkyl halides is 10.